The third-order valence-corrected chi connectivity index (χ3v) is 4.43. The molecule has 1 heterocycles. The van der Waals surface area contributed by atoms with Crippen LogP contribution in [0, 0.1) is 6.92 Å². The van der Waals surface area contributed by atoms with Crippen LogP contribution in [-0.4, -0.2) is 44.2 Å². The molecule has 0 aliphatic carbocycles. The number of aryl methyl sites for hydroxylation is 1. The van der Waals surface area contributed by atoms with E-state index < -0.39 is 9.84 Å². The molecule has 0 saturated carbocycles. The van der Waals surface area contributed by atoms with Crippen molar-refractivity contribution in [1.29, 1.82) is 0 Å². The van der Waals surface area contributed by atoms with E-state index in [2.05, 4.69) is 10.4 Å². The van der Waals surface area contributed by atoms with E-state index in [0.29, 0.717) is 17.3 Å². The lowest BCUT2D eigenvalue weighted by Crippen LogP contribution is -2.22. The first kappa shape index (κ1) is 17.5. The van der Waals surface area contributed by atoms with Crippen LogP contribution in [0.2, 0.25) is 0 Å². The van der Waals surface area contributed by atoms with Crippen LogP contribution in [0.15, 0.2) is 41.6 Å². The predicted molar refractivity (Wildman–Crippen MR) is 89.5 cm³/mol. The molecule has 1 aromatic carbocycles. The van der Waals surface area contributed by atoms with E-state index in [9.17, 15) is 8.42 Å². The summed E-state index contributed by atoms with van der Waals surface area (Å²) in [4.78, 5) is 0.306. The lowest BCUT2D eigenvalue weighted by molar-refractivity contribution is 0.307. The minimum atomic E-state index is -3.15. The molecule has 0 spiro atoms. The molecule has 1 aromatic heterocycles. The first-order valence-corrected chi connectivity index (χ1v) is 9.47. The van der Waals surface area contributed by atoms with E-state index in [-0.39, 0.29) is 0 Å². The first-order chi connectivity index (χ1) is 10.9. The van der Waals surface area contributed by atoms with Crippen molar-refractivity contribution in [1.82, 2.24) is 15.1 Å². The molecular formula is C16H23N3O3S. The van der Waals surface area contributed by atoms with Crippen LogP contribution >= 0.6 is 0 Å². The maximum Gasteiger partial charge on any atom is 0.175 e. The predicted octanol–water partition coefficient (Wildman–Crippen LogP) is 1.65. The second kappa shape index (κ2) is 8.12. The van der Waals surface area contributed by atoms with Gasteiger partial charge in [0, 0.05) is 19.0 Å². The van der Waals surface area contributed by atoms with Gasteiger partial charge >= 0.3 is 0 Å². The van der Waals surface area contributed by atoms with E-state index in [0.717, 1.165) is 26.1 Å². The summed E-state index contributed by atoms with van der Waals surface area (Å²) in [5.41, 5.74) is 1.17. The molecule has 2 rings (SSSR count). The fourth-order valence-electron chi connectivity index (χ4n) is 2.08. The van der Waals surface area contributed by atoms with Gasteiger partial charge in [-0.2, -0.15) is 5.10 Å². The molecule has 0 aliphatic heterocycles. The van der Waals surface area contributed by atoms with Crippen molar-refractivity contribution in [3.8, 4) is 5.75 Å². The Morgan fingerprint density at radius 2 is 1.96 bits per heavy atom. The van der Waals surface area contributed by atoms with Crippen molar-refractivity contribution < 1.29 is 13.2 Å². The van der Waals surface area contributed by atoms with Gasteiger partial charge in [0.2, 0.25) is 0 Å². The number of nitrogens with zero attached hydrogens (tertiary/aromatic N) is 2. The van der Waals surface area contributed by atoms with Gasteiger partial charge in [-0.3, -0.25) is 4.68 Å². The summed E-state index contributed by atoms with van der Waals surface area (Å²) < 4.78 is 30.2. The Labute approximate surface area is 137 Å². The van der Waals surface area contributed by atoms with Gasteiger partial charge in [0.05, 0.1) is 24.2 Å². The van der Waals surface area contributed by atoms with Crippen LogP contribution in [0.1, 0.15) is 12.0 Å². The van der Waals surface area contributed by atoms with E-state index in [1.54, 1.807) is 24.3 Å². The molecule has 7 heteroatoms. The summed E-state index contributed by atoms with van der Waals surface area (Å²) in [7, 11) is -3.15. The maximum absolute atomic E-state index is 11.4. The summed E-state index contributed by atoms with van der Waals surface area (Å²) >= 11 is 0. The summed E-state index contributed by atoms with van der Waals surface area (Å²) in [5.74, 6) is 0.685. The van der Waals surface area contributed by atoms with Gasteiger partial charge in [0.1, 0.15) is 5.75 Å². The molecule has 0 saturated heterocycles. The monoisotopic (exact) mass is 337 g/mol. The summed E-state index contributed by atoms with van der Waals surface area (Å²) in [6.07, 6.45) is 5.94. The van der Waals surface area contributed by atoms with Crippen molar-refractivity contribution in [2.24, 2.45) is 0 Å². The normalized spacial score (nSPS) is 11.6. The molecule has 23 heavy (non-hydrogen) atoms. The molecule has 0 bridgehead atoms. The van der Waals surface area contributed by atoms with Gasteiger partial charge in [-0.1, -0.05) is 0 Å². The average molecular weight is 337 g/mol. The van der Waals surface area contributed by atoms with Crippen LogP contribution in [0.4, 0.5) is 0 Å². The maximum atomic E-state index is 11.4. The second-order valence-electron chi connectivity index (χ2n) is 5.48. The Kier molecular flexibility index (Phi) is 6.18. The number of hydrogen-bond donors (Lipinski definition) is 1. The molecule has 0 atom stereocenters. The topological polar surface area (TPSA) is 73.2 Å². The molecule has 0 radical (unpaired) electrons. The highest BCUT2D eigenvalue weighted by Crippen LogP contribution is 2.15. The second-order valence-corrected chi connectivity index (χ2v) is 7.49. The Morgan fingerprint density at radius 3 is 2.57 bits per heavy atom. The Balaban J connectivity index is 1.58. The zero-order valence-corrected chi connectivity index (χ0v) is 14.3. The Hall–Kier alpha value is -1.86. The largest absolute Gasteiger partial charge is 0.494 e. The van der Waals surface area contributed by atoms with Crippen LogP contribution in [0.5, 0.6) is 5.75 Å². The molecule has 0 amide bonds. The van der Waals surface area contributed by atoms with Crippen LogP contribution < -0.4 is 10.1 Å². The van der Waals surface area contributed by atoms with Gasteiger partial charge < -0.3 is 10.1 Å². The van der Waals surface area contributed by atoms with Gasteiger partial charge in [0.25, 0.3) is 0 Å². The fraction of sp³-hybridized carbons (Fsp3) is 0.438. The van der Waals surface area contributed by atoms with Crippen LogP contribution in [0.3, 0.4) is 0 Å². The van der Waals surface area contributed by atoms with Crippen LogP contribution in [-0.2, 0) is 16.4 Å². The van der Waals surface area contributed by atoms with Crippen molar-refractivity contribution >= 4 is 9.84 Å². The van der Waals surface area contributed by atoms with Crippen LogP contribution in [0.25, 0.3) is 0 Å². The molecule has 126 valence electrons. The molecule has 6 nitrogen and oxygen atoms in total. The van der Waals surface area contributed by atoms with Crippen molar-refractivity contribution in [3.63, 3.8) is 0 Å². The van der Waals surface area contributed by atoms with Crippen molar-refractivity contribution in [3.05, 3.63) is 42.2 Å². The highest BCUT2D eigenvalue weighted by molar-refractivity contribution is 7.90. The lowest BCUT2D eigenvalue weighted by Gasteiger charge is -2.08. The van der Waals surface area contributed by atoms with Gasteiger partial charge in [0.15, 0.2) is 9.84 Å². The fourth-order valence-corrected chi connectivity index (χ4v) is 2.71. The van der Waals surface area contributed by atoms with Crippen molar-refractivity contribution in [2.45, 2.75) is 24.8 Å². The molecular weight excluding hydrogens is 314 g/mol. The molecule has 2 aromatic rings. The molecule has 0 fully saturated rings. The number of nitrogens with one attached hydrogen (secondary N) is 1. The summed E-state index contributed by atoms with van der Waals surface area (Å²) in [6.45, 7) is 5.19. The van der Waals surface area contributed by atoms with Gasteiger partial charge in [-0.25, -0.2) is 8.42 Å². The zero-order chi connectivity index (χ0) is 16.7. The standard InChI is InChI=1S/C16H23N3O3S/c1-14-12-18-19(13-14)10-9-17-8-3-11-22-15-4-6-16(7-5-15)23(2,20)21/h4-7,12-13,17H,3,8-11H2,1-2H3. The summed E-state index contributed by atoms with van der Waals surface area (Å²) in [6, 6.07) is 6.50. The third-order valence-electron chi connectivity index (χ3n) is 3.30. The van der Waals surface area contributed by atoms with Gasteiger partial charge in [-0.05, 0) is 49.7 Å². The number of rotatable bonds is 9. The lowest BCUT2D eigenvalue weighted by atomic mass is 10.3. The number of aromatic nitrogens is 2. The average Bonchev–Trinajstić information content (AvgIpc) is 2.91. The van der Waals surface area contributed by atoms with E-state index in [1.165, 1.54) is 11.8 Å². The summed E-state index contributed by atoms with van der Waals surface area (Å²) in [5, 5.41) is 7.56. The quantitative estimate of drug-likeness (QED) is 0.705. The number of hydrogen-bond acceptors (Lipinski definition) is 5. The highest BCUT2D eigenvalue weighted by Gasteiger charge is 2.06. The Morgan fingerprint density at radius 1 is 1.22 bits per heavy atom. The molecule has 1 N–H and O–H groups in total. The highest BCUT2D eigenvalue weighted by atomic mass is 32.2. The Bertz CT molecular complexity index is 708. The SMILES string of the molecule is Cc1cnn(CCNCCCOc2ccc(S(C)(=O)=O)cc2)c1. The van der Waals surface area contributed by atoms with E-state index in [1.807, 2.05) is 24.0 Å². The molecule has 0 unspecified atom stereocenters. The number of sulfone groups is 1. The first-order valence-electron chi connectivity index (χ1n) is 7.58. The minimum absolute atomic E-state index is 0.306. The zero-order valence-electron chi connectivity index (χ0n) is 13.5. The van der Waals surface area contributed by atoms with E-state index in [4.69, 9.17) is 4.74 Å². The number of benzene rings is 1. The van der Waals surface area contributed by atoms with Gasteiger partial charge in [-0.15, -0.1) is 0 Å². The smallest absolute Gasteiger partial charge is 0.175 e. The van der Waals surface area contributed by atoms with Crippen molar-refractivity contribution in [2.75, 3.05) is 26.0 Å². The van der Waals surface area contributed by atoms with E-state index >= 15 is 0 Å². The third kappa shape index (κ3) is 6.03. The number of ether oxygens (including phenoxy) is 1. The minimum Gasteiger partial charge on any atom is -0.494 e. The molecule has 0 aliphatic rings.